The van der Waals surface area contributed by atoms with E-state index in [1.165, 1.54) is 37.8 Å². The third-order valence-electron chi connectivity index (χ3n) is 3.66. The molecule has 0 fully saturated rings. The van der Waals surface area contributed by atoms with Gasteiger partial charge in [-0.2, -0.15) is 0 Å². The number of unbranched alkanes of at least 4 members (excludes halogenated alkanes) is 4. The first kappa shape index (κ1) is 14.8. The van der Waals surface area contributed by atoms with Crippen LogP contribution in [-0.2, 0) is 6.42 Å². The monoisotopic (exact) mass is 270 g/mol. The highest BCUT2D eigenvalue weighted by Gasteiger charge is 2.05. The lowest BCUT2D eigenvalue weighted by atomic mass is 9.98. The van der Waals surface area contributed by atoms with E-state index in [9.17, 15) is 0 Å². The molecular formula is C18H24NO. The third-order valence-corrected chi connectivity index (χ3v) is 3.66. The second-order valence-corrected chi connectivity index (χ2v) is 5.35. The van der Waals surface area contributed by atoms with Gasteiger partial charge in [0, 0.05) is 18.3 Å². The van der Waals surface area contributed by atoms with Crippen molar-refractivity contribution in [3.63, 3.8) is 0 Å². The van der Waals surface area contributed by atoms with Crippen molar-refractivity contribution in [2.45, 2.75) is 51.4 Å². The van der Waals surface area contributed by atoms with Crippen molar-refractivity contribution in [2.24, 2.45) is 0 Å². The SMILES string of the molecule is CC(CC[CH]CCCCc1ccco1)c1ccccn1. The molecule has 2 aromatic heterocycles. The molecule has 0 spiro atoms. The zero-order chi connectivity index (χ0) is 14.0. The number of hydrogen-bond acceptors (Lipinski definition) is 2. The molecule has 2 heteroatoms. The molecule has 0 aliphatic rings. The van der Waals surface area contributed by atoms with Gasteiger partial charge in [0.1, 0.15) is 5.76 Å². The molecule has 0 aromatic carbocycles. The molecule has 2 aromatic rings. The second kappa shape index (κ2) is 8.57. The molecule has 0 bridgehead atoms. The molecule has 0 saturated heterocycles. The van der Waals surface area contributed by atoms with E-state index in [-0.39, 0.29) is 0 Å². The number of nitrogens with zero attached hydrogens (tertiary/aromatic N) is 1. The van der Waals surface area contributed by atoms with Crippen LogP contribution < -0.4 is 0 Å². The molecular weight excluding hydrogens is 246 g/mol. The van der Waals surface area contributed by atoms with Gasteiger partial charge in [0.15, 0.2) is 0 Å². The number of hydrogen-bond donors (Lipinski definition) is 0. The summed E-state index contributed by atoms with van der Waals surface area (Å²) in [5.74, 6) is 1.66. The molecule has 0 saturated carbocycles. The number of pyridine rings is 1. The molecule has 107 valence electrons. The minimum atomic E-state index is 0.551. The standard InChI is InChI=1S/C18H24NO/c1-16(18-13-7-8-14-19-18)10-5-3-2-4-6-11-17-12-9-15-20-17/h3,7-9,12-16H,2,4-6,10-11H2,1H3. The van der Waals surface area contributed by atoms with Crippen LogP contribution in [0.2, 0.25) is 0 Å². The minimum Gasteiger partial charge on any atom is -0.469 e. The Labute approximate surface area is 122 Å². The van der Waals surface area contributed by atoms with Crippen LogP contribution in [0, 0.1) is 6.42 Å². The van der Waals surface area contributed by atoms with Crippen LogP contribution in [0.15, 0.2) is 47.2 Å². The van der Waals surface area contributed by atoms with Gasteiger partial charge in [-0.25, -0.2) is 0 Å². The van der Waals surface area contributed by atoms with Gasteiger partial charge in [-0.15, -0.1) is 0 Å². The first-order valence-corrected chi connectivity index (χ1v) is 7.61. The number of aromatic nitrogens is 1. The summed E-state index contributed by atoms with van der Waals surface area (Å²) in [6, 6.07) is 10.2. The lowest BCUT2D eigenvalue weighted by molar-refractivity contribution is 0.496. The quantitative estimate of drug-likeness (QED) is 0.587. The van der Waals surface area contributed by atoms with Crippen molar-refractivity contribution in [2.75, 3.05) is 0 Å². The molecule has 0 amide bonds. The van der Waals surface area contributed by atoms with E-state index in [2.05, 4.69) is 36.5 Å². The maximum Gasteiger partial charge on any atom is 0.103 e. The molecule has 2 heterocycles. The summed E-state index contributed by atoms with van der Waals surface area (Å²) < 4.78 is 5.32. The highest BCUT2D eigenvalue weighted by molar-refractivity contribution is 5.08. The van der Waals surface area contributed by atoms with Gasteiger partial charge < -0.3 is 4.42 Å². The maximum atomic E-state index is 5.32. The third kappa shape index (κ3) is 5.20. The highest BCUT2D eigenvalue weighted by Crippen LogP contribution is 2.19. The van der Waals surface area contributed by atoms with Gasteiger partial charge in [0.2, 0.25) is 0 Å². The number of aryl methyl sites for hydroxylation is 1. The molecule has 1 atom stereocenters. The van der Waals surface area contributed by atoms with E-state index in [1.54, 1.807) is 6.26 Å². The Kier molecular flexibility index (Phi) is 6.36. The highest BCUT2D eigenvalue weighted by atomic mass is 16.3. The van der Waals surface area contributed by atoms with E-state index in [4.69, 9.17) is 4.42 Å². The molecule has 0 aliphatic heterocycles. The number of furan rings is 1. The zero-order valence-corrected chi connectivity index (χ0v) is 12.3. The summed E-state index contributed by atoms with van der Waals surface area (Å²) in [5.41, 5.74) is 1.21. The van der Waals surface area contributed by atoms with Crippen LogP contribution in [0.25, 0.3) is 0 Å². The van der Waals surface area contributed by atoms with Crippen LogP contribution in [0.1, 0.15) is 56.4 Å². The smallest absolute Gasteiger partial charge is 0.103 e. The van der Waals surface area contributed by atoms with Crippen LogP contribution in [0.5, 0.6) is 0 Å². The Bertz CT molecular complexity index is 450. The van der Waals surface area contributed by atoms with Gasteiger partial charge >= 0.3 is 0 Å². The molecule has 1 unspecified atom stereocenters. The molecule has 0 aliphatic carbocycles. The zero-order valence-electron chi connectivity index (χ0n) is 12.3. The largest absolute Gasteiger partial charge is 0.469 e. The van der Waals surface area contributed by atoms with Crippen molar-refractivity contribution in [3.8, 4) is 0 Å². The van der Waals surface area contributed by atoms with Crippen LogP contribution in [0.3, 0.4) is 0 Å². The Balaban J connectivity index is 1.49. The molecule has 0 N–H and O–H groups in total. The summed E-state index contributed by atoms with van der Waals surface area (Å²) in [4.78, 5) is 4.41. The first-order chi connectivity index (χ1) is 9.86. The van der Waals surface area contributed by atoms with Crippen LogP contribution in [0.4, 0.5) is 0 Å². The normalized spacial score (nSPS) is 12.4. The molecule has 2 rings (SSSR count). The van der Waals surface area contributed by atoms with E-state index < -0.39 is 0 Å². The summed E-state index contributed by atoms with van der Waals surface area (Å²) >= 11 is 0. The van der Waals surface area contributed by atoms with Crippen LogP contribution >= 0.6 is 0 Å². The Morgan fingerprint density at radius 1 is 1.15 bits per heavy atom. The maximum absolute atomic E-state index is 5.32. The predicted octanol–water partition coefficient (Wildman–Crippen LogP) is 5.18. The van der Waals surface area contributed by atoms with Gasteiger partial charge in [-0.1, -0.05) is 25.8 Å². The molecule has 2 nitrogen and oxygen atoms in total. The topological polar surface area (TPSA) is 26.0 Å². The van der Waals surface area contributed by atoms with Crippen molar-refractivity contribution in [3.05, 3.63) is 60.7 Å². The summed E-state index contributed by atoms with van der Waals surface area (Å²) in [5, 5.41) is 0. The average Bonchev–Trinajstić information content (AvgIpc) is 3.00. The predicted molar refractivity (Wildman–Crippen MR) is 82.4 cm³/mol. The van der Waals surface area contributed by atoms with Gasteiger partial charge in [0.05, 0.1) is 6.26 Å². The Morgan fingerprint density at radius 3 is 2.85 bits per heavy atom. The molecule has 1 radical (unpaired) electrons. The van der Waals surface area contributed by atoms with Crippen LogP contribution in [-0.4, -0.2) is 4.98 Å². The van der Waals surface area contributed by atoms with Gasteiger partial charge in [-0.3, -0.25) is 4.98 Å². The van der Waals surface area contributed by atoms with E-state index in [1.807, 2.05) is 18.3 Å². The van der Waals surface area contributed by atoms with Gasteiger partial charge in [0.25, 0.3) is 0 Å². The lowest BCUT2D eigenvalue weighted by Gasteiger charge is -2.10. The fourth-order valence-corrected chi connectivity index (χ4v) is 2.37. The Morgan fingerprint density at radius 2 is 2.10 bits per heavy atom. The summed E-state index contributed by atoms with van der Waals surface area (Å²) in [7, 11) is 0. The van der Waals surface area contributed by atoms with Crippen molar-refractivity contribution in [1.29, 1.82) is 0 Å². The van der Waals surface area contributed by atoms with Crippen molar-refractivity contribution >= 4 is 0 Å². The average molecular weight is 270 g/mol. The fourth-order valence-electron chi connectivity index (χ4n) is 2.37. The first-order valence-electron chi connectivity index (χ1n) is 7.61. The summed E-state index contributed by atoms with van der Waals surface area (Å²) in [6.07, 6.45) is 13.1. The van der Waals surface area contributed by atoms with E-state index in [0.29, 0.717) is 5.92 Å². The van der Waals surface area contributed by atoms with E-state index >= 15 is 0 Å². The van der Waals surface area contributed by atoms with Gasteiger partial charge in [-0.05, 0) is 55.9 Å². The number of rotatable bonds is 9. The van der Waals surface area contributed by atoms with Crippen molar-refractivity contribution in [1.82, 2.24) is 4.98 Å². The van der Waals surface area contributed by atoms with Crippen molar-refractivity contribution < 1.29 is 4.42 Å². The van der Waals surface area contributed by atoms with E-state index in [0.717, 1.165) is 12.2 Å². The summed E-state index contributed by atoms with van der Waals surface area (Å²) in [6.45, 7) is 2.26. The molecule has 20 heavy (non-hydrogen) atoms. The minimum absolute atomic E-state index is 0.551. The Hall–Kier alpha value is -1.57. The second-order valence-electron chi connectivity index (χ2n) is 5.35. The lowest BCUT2D eigenvalue weighted by Crippen LogP contribution is -1.96. The fraction of sp³-hybridized carbons (Fsp3) is 0.444.